The molecule has 0 unspecified atom stereocenters. The molecular formula is C20H29N5O7S. The van der Waals surface area contributed by atoms with E-state index in [1.807, 2.05) is 0 Å². The van der Waals surface area contributed by atoms with Gasteiger partial charge in [0.1, 0.15) is 23.9 Å². The Bertz CT molecular complexity index is 850. The zero-order valence-corrected chi connectivity index (χ0v) is 19.0. The van der Waals surface area contributed by atoms with Gasteiger partial charge in [-0.3, -0.25) is 24.0 Å². The molecule has 0 aliphatic carbocycles. The lowest BCUT2D eigenvalue weighted by atomic mass is 10.1. The predicted molar refractivity (Wildman–Crippen MR) is 121 cm³/mol. The summed E-state index contributed by atoms with van der Waals surface area (Å²) in [4.78, 5) is 58.8. The first-order valence-corrected chi connectivity index (χ1v) is 10.6. The van der Waals surface area contributed by atoms with E-state index >= 15 is 0 Å². The Morgan fingerprint density at radius 1 is 1.06 bits per heavy atom. The van der Waals surface area contributed by atoms with Crippen LogP contribution in [-0.4, -0.2) is 72.2 Å². The maximum Gasteiger partial charge on any atom is 0.320 e. The fraction of sp³-hybridized carbons (Fsp3) is 0.450. The molecule has 4 amide bonds. The summed E-state index contributed by atoms with van der Waals surface area (Å²) in [5.41, 5.74) is 11.4. The number of rotatable bonds is 14. The van der Waals surface area contributed by atoms with E-state index in [0.29, 0.717) is 5.75 Å². The molecule has 13 heteroatoms. The molecule has 182 valence electrons. The molecule has 0 fully saturated rings. The number of carbonyl (C=O) groups is 5. The number of benzene rings is 1. The standard InChI is InChI=1S/C20H29N5O7S/c1-32-12-4-2-11(3-5-12)8-14(18(22)28)24-17(27)9-23-19(29)15(10-33)25-16(26)7-6-13(21)20(30)31/h2-5,13-15,33H,6-10,21H2,1H3,(H2,22,28)(H,23,29)(H,24,27)(H,25,26)(H,30,31)/t13-,14-,15-/m0/s1. The van der Waals surface area contributed by atoms with E-state index in [1.165, 1.54) is 7.11 Å². The highest BCUT2D eigenvalue weighted by atomic mass is 32.1. The Kier molecular flexibility index (Phi) is 11.7. The second-order valence-electron chi connectivity index (χ2n) is 7.08. The van der Waals surface area contributed by atoms with Crippen LogP contribution in [0.25, 0.3) is 0 Å². The van der Waals surface area contributed by atoms with Gasteiger partial charge in [-0.1, -0.05) is 12.1 Å². The smallest absolute Gasteiger partial charge is 0.320 e. The second kappa shape index (κ2) is 14.0. The summed E-state index contributed by atoms with van der Waals surface area (Å²) in [6, 6.07) is 3.62. The molecule has 0 radical (unpaired) electrons. The molecule has 3 atom stereocenters. The third-order valence-electron chi connectivity index (χ3n) is 4.53. The van der Waals surface area contributed by atoms with Crippen LogP contribution in [0, 0.1) is 0 Å². The number of carbonyl (C=O) groups excluding carboxylic acids is 4. The minimum Gasteiger partial charge on any atom is -0.497 e. The molecular weight excluding hydrogens is 454 g/mol. The third kappa shape index (κ3) is 10.2. The molecule has 1 aromatic carbocycles. The molecule has 12 nitrogen and oxygen atoms in total. The number of carboxylic acid groups (broad SMARTS) is 1. The van der Waals surface area contributed by atoms with Crippen LogP contribution >= 0.6 is 12.6 Å². The molecule has 1 aromatic rings. The number of amides is 4. The SMILES string of the molecule is COc1ccc(C[C@H](NC(=O)CNC(=O)[C@H](CS)NC(=O)CC[C@H](N)C(=O)O)C(N)=O)cc1. The lowest BCUT2D eigenvalue weighted by molar-refractivity contribution is -0.139. The van der Waals surface area contributed by atoms with Crippen LogP contribution < -0.4 is 32.2 Å². The Morgan fingerprint density at radius 2 is 1.67 bits per heavy atom. The monoisotopic (exact) mass is 483 g/mol. The summed E-state index contributed by atoms with van der Waals surface area (Å²) < 4.78 is 5.06. The van der Waals surface area contributed by atoms with Gasteiger partial charge in [-0.25, -0.2) is 0 Å². The van der Waals surface area contributed by atoms with Gasteiger partial charge in [0.05, 0.1) is 13.7 Å². The van der Waals surface area contributed by atoms with Crippen LogP contribution in [0.3, 0.4) is 0 Å². The largest absolute Gasteiger partial charge is 0.497 e. The lowest BCUT2D eigenvalue weighted by Gasteiger charge is -2.18. The molecule has 0 saturated carbocycles. The number of methoxy groups -OCH3 is 1. The van der Waals surface area contributed by atoms with Gasteiger partial charge in [-0.15, -0.1) is 0 Å². The van der Waals surface area contributed by atoms with E-state index in [4.69, 9.17) is 21.3 Å². The van der Waals surface area contributed by atoms with Crippen molar-refractivity contribution in [3.05, 3.63) is 29.8 Å². The summed E-state index contributed by atoms with van der Waals surface area (Å²) in [5, 5.41) is 15.9. The number of hydrogen-bond donors (Lipinski definition) is 7. The summed E-state index contributed by atoms with van der Waals surface area (Å²) in [7, 11) is 1.52. The van der Waals surface area contributed by atoms with Crippen LogP contribution in [0.4, 0.5) is 0 Å². The predicted octanol–water partition coefficient (Wildman–Crippen LogP) is -2.07. The highest BCUT2D eigenvalue weighted by Gasteiger charge is 2.23. The van der Waals surface area contributed by atoms with Crippen molar-refractivity contribution >= 4 is 42.2 Å². The van der Waals surface area contributed by atoms with Gasteiger partial charge >= 0.3 is 5.97 Å². The van der Waals surface area contributed by atoms with E-state index in [9.17, 15) is 24.0 Å². The van der Waals surface area contributed by atoms with E-state index in [-0.39, 0.29) is 25.0 Å². The highest BCUT2D eigenvalue weighted by Crippen LogP contribution is 2.12. The van der Waals surface area contributed by atoms with Crippen LogP contribution in [0.2, 0.25) is 0 Å². The quantitative estimate of drug-likeness (QED) is 0.146. The summed E-state index contributed by atoms with van der Waals surface area (Å²) in [6.07, 6.45) is -0.156. The van der Waals surface area contributed by atoms with Gasteiger partial charge in [0.15, 0.2) is 0 Å². The number of hydrogen-bond acceptors (Lipinski definition) is 8. The van der Waals surface area contributed by atoms with E-state index < -0.39 is 54.3 Å². The number of ether oxygens (including phenoxy) is 1. The minimum atomic E-state index is -1.24. The van der Waals surface area contributed by atoms with Crippen LogP contribution in [-0.2, 0) is 30.4 Å². The summed E-state index contributed by atoms with van der Waals surface area (Å²) in [5.74, 6) is -3.33. The van der Waals surface area contributed by atoms with Gasteiger partial charge < -0.3 is 37.3 Å². The number of primary amides is 1. The number of carboxylic acids is 1. The van der Waals surface area contributed by atoms with Crippen molar-refractivity contribution in [2.75, 3.05) is 19.4 Å². The molecule has 0 saturated heterocycles. The first kappa shape index (κ1) is 27.7. The van der Waals surface area contributed by atoms with Gasteiger partial charge in [0.2, 0.25) is 23.6 Å². The van der Waals surface area contributed by atoms with E-state index in [0.717, 1.165) is 5.56 Å². The van der Waals surface area contributed by atoms with Crippen molar-refractivity contribution in [1.82, 2.24) is 16.0 Å². The average molecular weight is 484 g/mol. The van der Waals surface area contributed by atoms with E-state index in [2.05, 4.69) is 28.6 Å². The van der Waals surface area contributed by atoms with Crippen LogP contribution in [0.5, 0.6) is 5.75 Å². The van der Waals surface area contributed by atoms with Crippen molar-refractivity contribution < 1.29 is 33.8 Å². The second-order valence-corrected chi connectivity index (χ2v) is 7.44. The summed E-state index contributed by atoms with van der Waals surface area (Å²) >= 11 is 4.00. The van der Waals surface area contributed by atoms with Crippen molar-refractivity contribution in [2.24, 2.45) is 11.5 Å². The van der Waals surface area contributed by atoms with Gasteiger partial charge in [-0.2, -0.15) is 12.6 Å². The molecule has 0 spiro atoms. The first-order valence-electron chi connectivity index (χ1n) is 9.95. The van der Waals surface area contributed by atoms with Crippen molar-refractivity contribution in [3.8, 4) is 5.75 Å². The average Bonchev–Trinajstić information content (AvgIpc) is 2.79. The summed E-state index contributed by atoms with van der Waals surface area (Å²) in [6.45, 7) is -0.463. The van der Waals surface area contributed by atoms with Gasteiger partial charge in [-0.05, 0) is 24.1 Å². The van der Waals surface area contributed by atoms with Gasteiger partial charge in [0, 0.05) is 18.6 Å². The third-order valence-corrected chi connectivity index (χ3v) is 4.90. The van der Waals surface area contributed by atoms with Gasteiger partial charge in [0.25, 0.3) is 0 Å². The molecule has 0 aliphatic heterocycles. The Morgan fingerprint density at radius 3 is 2.18 bits per heavy atom. The maximum absolute atomic E-state index is 12.3. The molecule has 0 aliphatic rings. The minimum absolute atomic E-state index is 0.0639. The molecule has 1 rings (SSSR count). The molecule has 33 heavy (non-hydrogen) atoms. The molecule has 0 heterocycles. The van der Waals surface area contributed by atoms with Crippen molar-refractivity contribution in [2.45, 2.75) is 37.4 Å². The number of thiol groups is 1. The lowest BCUT2D eigenvalue weighted by Crippen LogP contribution is -2.52. The Hall–Kier alpha value is -3.32. The molecule has 8 N–H and O–H groups in total. The first-order chi connectivity index (χ1) is 15.6. The zero-order valence-electron chi connectivity index (χ0n) is 18.1. The van der Waals surface area contributed by atoms with Crippen LogP contribution in [0.15, 0.2) is 24.3 Å². The topological polar surface area (TPSA) is 203 Å². The van der Waals surface area contributed by atoms with E-state index in [1.54, 1.807) is 24.3 Å². The Balaban J connectivity index is 2.54. The van der Waals surface area contributed by atoms with Crippen LogP contribution in [0.1, 0.15) is 18.4 Å². The number of nitrogens with one attached hydrogen (secondary N) is 3. The van der Waals surface area contributed by atoms with Crippen molar-refractivity contribution in [1.29, 1.82) is 0 Å². The number of aliphatic carboxylic acids is 1. The van der Waals surface area contributed by atoms with Crippen molar-refractivity contribution in [3.63, 3.8) is 0 Å². The fourth-order valence-electron chi connectivity index (χ4n) is 2.63. The normalized spacial score (nSPS) is 13.2. The number of nitrogens with two attached hydrogens (primary N) is 2. The fourth-order valence-corrected chi connectivity index (χ4v) is 2.88. The molecule has 0 bridgehead atoms. The Labute approximate surface area is 196 Å². The highest BCUT2D eigenvalue weighted by molar-refractivity contribution is 7.80. The maximum atomic E-state index is 12.3. The molecule has 0 aromatic heterocycles. The zero-order chi connectivity index (χ0) is 25.0.